The molecular weight excluding hydrogens is 188 g/mol. The highest BCUT2D eigenvalue weighted by Crippen LogP contribution is 2.26. The molecule has 1 rings (SSSR count). The van der Waals surface area contributed by atoms with Crippen molar-refractivity contribution in [2.24, 2.45) is 5.92 Å². The average Bonchev–Trinajstić information content (AvgIpc) is 2.33. The Bertz CT molecular complexity index is 274. The first kappa shape index (κ1) is 10.9. The summed E-state index contributed by atoms with van der Waals surface area (Å²) in [4.78, 5) is 0. The van der Waals surface area contributed by atoms with Crippen molar-refractivity contribution in [1.29, 1.82) is 0 Å². The average molecular weight is 206 g/mol. The lowest BCUT2D eigenvalue weighted by Crippen LogP contribution is -2.42. The first-order valence-electron chi connectivity index (χ1n) is 4.56. The molecule has 0 aromatic rings. The minimum absolute atomic E-state index is 0.132. The largest absolute Gasteiger partial charge is 0.281 e. The van der Waals surface area contributed by atoms with Gasteiger partial charge in [0.15, 0.2) is 0 Å². The van der Waals surface area contributed by atoms with Crippen molar-refractivity contribution in [3.05, 3.63) is 0 Å². The molecule has 0 N–H and O–H groups in total. The SMILES string of the molecule is CC1CCN(S(=O)(=O)N(C)C)C1C. The highest BCUT2D eigenvalue weighted by molar-refractivity contribution is 7.86. The van der Waals surface area contributed by atoms with Gasteiger partial charge < -0.3 is 0 Å². The van der Waals surface area contributed by atoms with Gasteiger partial charge in [0.25, 0.3) is 10.2 Å². The molecule has 0 saturated carbocycles. The van der Waals surface area contributed by atoms with Gasteiger partial charge in [-0.3, -0.25) is 0 Å². The molecule has 1 aliphatic rings. The van der Waals surface area contributed by atoms with E-state index in [2.05, 4.69) is 6.92 Å². The van der Waals surface area contributed by atoms with Crippen LogP contribution in [0.25, 0.3) is 0 Å². The van der Waals surface area contributed by atoms with Crippen LogP contribution in [0.4, 0.5) is 0 Å². The molecule has 0 aromatic carbocycles. The van der Waals surface area contributed by atoms with E-state index >= 15 is 0 Å². The van der Waals surface area contributed by atoms with Crippen LogP contribution in [0.1, 0.15) is 20.3 Å². The standard InChI is InChI=1S/C8H18N2O2S/c1-7-5-6-10(8(7)2)13(11,12)9(3)4/h7-8H,5-6H2,1-4H3. The molecule has 4 nitrogen and oxygen atoms in total. The number of hydrogen-bond donors (Lipinski definition) is 0. The summed E-state index contributed by atoms with van der Waals surface area (Å²) in [5.74, 6) is 0.467. The van der Waals surface area contributed by atoms with Crippen LogP contribution in [0.3, 0.4) is 0 Å². The van der Waals surface area contributed by atoms with Gasteiger partial charge in [0.05, 0.1) is 0 Å². The molecule has 0 aromatic heterocycles. The Hall–Kier alpha value is -0.130. The van der Waals surface area contributed by atoms with Crippen molar-refractivity contribution in [1.82, 2.24) is 8.61 Å². The third-order valence-corrected chi connectivity index (χ3v) is 4.87. The van der Waals surface area contributed by atoms with Gasteiger partial charge in [-0.05, 0) is 19.3 Å². The number of nitrogens with zero attached hydrogens (tertiary/aromatic N) is 2. The van der Waals surface area contributed by atoms with Crippen molar-refractivity contribution in [3.63, 3.8) is 0 Å². The Morgan fingerprint density at radius 3 is 2.15 bits per heavy atom. The smallest absolute Gasteiger partial charge is 0.195 e. The zero-order chi connectivity index (χ0) is 10.2. The topological polar surface area (TPSA) is 40.6 Å². The van der Waals surface area contributed by atoms with Gasteiger partial charge in [-0.15, -0.1) is 0 Å². The van der Waals surface area contributed by atoms with Gasteiger partial charge in [0.1, 0.15) is 0 Å². The molecule has 1 fully saturated rings. The van der Waals surface area contributed by atoms with Crippen LogP contribution in [0, 0.1) is 5.92 Å². The van der Waals surface area contributed by atoms with Gasteiger partial charge >= 0.3 is 0 Å². The fourth-order valence-electron chi connectivity index (χ4n) is 1.59. The molecule has 2 atom stereocenters. The monoisotopic (exact) mass is 206 g/mol. The van der Waals surface area contributed by atoms with Crippen molar-refractivity contribution in [2.45, 2.75) is 26.3 Å². The van der Waals surface area contributed by atoms with E-state index in [-0.39, 0.29) is 6.04 Å². The second-order valence-corrected chi connectivity index (χ2v) is 6.00. The van der Waals surface area contributed by atoms with E-state index in [0.717, 1.165) is 6.42 Å². The maximum atomic E-state index is 11.7. The molecule has 0 spiro atoms. The Labute approximate surface area is 80.7 Å². The van der Waals surface area contributed by atoms with E-state index in [9.17, 15) is 8.42 Å². The Morgan fingerprint density at radius 2 is 1.85 bits per heavy atom. The zero-order valence-electron chi connectivity index (χ0n) is 8.69. The fourth-order valence-corrected chi connectivity index (χ4v) is 2.98. The molecule has 13 heavy (non-hydrogen) atoms. The molecule has 2 unspecified atom stereocenters. The van der Waals surface area contributed by atoms with E-state index in [4.69, 9.17) is 0 Å². The quantitative estimate of drug-likeness (QED) is 0.661. The highest BCUT2D eigenvalue weighted by atomic mass is 32.2. The molecule has 1 heterocycles. The fraction of sp³-hybridized carbons (Fsp3) is 1.00. The predicted molar refractivity (Wildman–Crippen MR) is 52.6 cm³/mol. The third kappa shape index (κ3) is 1.87. The van der Waals surface area contributed by atoms with Crippen molar-refractivity contribution >= 4 is 10.2 Å². The summed E-state index contributed by atoms with van der Waals surface area (Å²) in [5.41, 5.74) is 0. The van der Waals surface area contributed by atoms with E-state index in [1.54, 1.807) is 18.4 Å². The summed E-state index contributed by atoms with van der Waals surface area (Å²) in [6.45, 7) is 4.72. The first-order chi connectivity index (χ1) is 5.87. The molecule has 78 valence electrons. The van der Waals surface area contributed by atoms with Crippen LogP contribution in [0.2, 0.25) is 0 Å². The lowest BCUT2D eigenvalue weighted by Gasteiger charge is -2.25. The minimum atomic E-state index is -3.19. The summed E-state index contributed by atoms with van der Waals surface area (Å²) in [7, 11) is -0.0432. The van der Waals surface area contributed by atoms with Crippen LogP contribution in [-0.2, 0) is 10.2 Å². The van der Waals surface area contributed by atoms with Crippen LogP contribution < -0.4 is 0 Å². The number of hydrogen-bond acceptors (Lipinski definition) is 2. The lowest BCUT2D eigenvalue weighted by molar-refractivity contribution is 0.346. The van der Waals surface area contributed by atoms with Gasteiger partial charge in [0.2, 0.25) is 0 Å². The summed E-state index contributed by atoms with van der Waals surface area (Å²) in [6.07, 6.45) is 0.967. The summed E-state index contributed by atoms with van der Waals surface area (Å²) >= 11 is 0. The second kappa shape index (κ2) is 3.55. The lowest BCUT2D eigenvalue weighted by atomic mass is 10.1. The maximum Gasteiger partial charge on any atom is 0.281 e. The van der Waals surface area contributed by atoms with Crippen LogP contribution >= 0.6 is 0 Å². The molecule has 0 aliphatic carbocycles. The highest BCUT2D eigenvalue weighted by Gasteiger charge is 2.36. The van der Waals surface area contributed by atoms with E-state index < -0.39 is 10.2 Å². The van der Waals surface area contributed by atoms with Crippen molar-refractivity contribution < 1.29 is 8.42 Å². The van der Waals surface area contributed by atoms with Crippen molar-refractivity contribution in [2.75, 3.05) is 20.6 Å². The Kier molecular flexibility index (Phi) is 2.99. The van der Waals surface area contributed by atoms with Gasteiger partial charge in [-0.25, -0.2) is 0 Å². The zero-order valence-corrected chi connectivity index (χ0v) is 9.50. The van der Waals surface area contributed by atoms with Crippen molar-refractivity contribution in [3.8, 4) is 0 Å². The number of rotatable bonds is 2. The molecule has 1 aliphatic heterocycles. The maximum absolute atomic E-state index is 11.7. The third-order valence-electron chi connectivity index (χ3n) is 2.84. The summed E-state index contributed by atoms with van der Waals surface area (Å²) in [5, 5.41) is 0. The van der Waals surface area contributed by atoms with Gasteiger partial charge in [-0.1, -0.05) is 6.92 Å². The van der Waals surface area contributed by atoms with E-state index in [1.165, 1.54) is 4.31 Å². The molecule has 0 amide bonds. The first-order valence-corrected chi connectivity index (χ1v) is 5.96. The predicted octanol–water partition coefficient (Wildman–Crippen LogP) is 0.523. The van der Waals surface area contributed by atoms with E-state index in [1.807, 2.05) is 6.92 Å². The normalized spacial score (nSPS) is 31.5. The Morgan fingerprint density at radius 1 is 1.31 bits per heavy atom. The molecule has 1 saturated heterocycles. The van der Waals surface area contributed by atoms with Gasteiger partial charge in [-0.2, -0.15) is 17.0 Å². The molecule has 0 bridgehead atoms. The van der Waals surface area contributed by atoms with Crippen LogP contribution in [0.15, 0.2) is 0 Å². The molecule has 0 radical (unpaired) electrons. The Balaban J connectivity index is 2.86. The molecule has 5 heteroatoms. The minimum Gasteiger partial charge on any atom is -0.195 e. The van der Waals surface area contributed by atoms with Crippen LogP contribution in [-0.4, -0.2) is 43.7 Å². The summed E-state index contributed by atoms with van der Waals surface area (Å²) < 4.78 is 26.3. The summed E-state index contributed by atoms with van der Waals surface area (Å²) in [6, 6.07) is 0.132. The second-order valence-electron chi connectivity index (χ2n) is 3.91. The van der Waals surface area contributed by atoms with Gasteiger partial charge in [0, 0.05) is 26.7 Å². The molecular formula is C8H18N2O2S. The van der Waals surface area contributed by atoms with E-state index in [0.29, 0.717) is 12.5 Å². The van der Waals surface area contributed by atoms with Crippen LogP contribution in [0.5, 0.6) is 0 Å².